The van der Waals surface area contributed by atoms with Gasteiger partial charge in [0, 0.05) is 6.42 Å². The molecule has 1 atom stereocenters. The van der Waals surface area contributed by atoms with Crippen molar-refractivity contribution in [2.45, 2.75) is 25.3 Å². The lowest BCUT2D eigenvalue weighted by molar-refractivity contribution is -0.141. The van der Waals surface area contributed by atoms with Gasteiger partial charge in [-0.25, -0.2) is 4.79 Å². The van der Waals surface area contributed by atoms with Gasteiger partial charge in [-0.2, -0.15) is 0 Å². The topological polar surface area (TPSA) is 75.6 Å². The first-order valence-corrected chi connectivity index (χ1v) is 6.15. The fourth-order valence-corrected chi connectivity index (χ4v) is 1.66. The van der Waals surface area contributed by atoms with E-state index in [1.165, 1.54) is 0 Å². The van der Waals surface area contributed by atoms with Gasteiger partial charge in [-0.3, -0.25) is 4.79 Å². The fraction of sp³-hybridized carbons (Fsp3) is 0.333. The highest BCUT2D eigenvalue weighted by Crippen LogP contribution is 2.11. The molecule has 5 nitrogen and oxygen atoms in total. The molecule has 2 N–H and O–H groups in total. The van der Waals surface area contributed by atoms with Crippen LogP contribution in [0.3, 0.4) is 0 Å². The predicted molar refractivity (Wildman–Crippen MR) is 74.3 cm³/mol. The smallest absolute Gasteiger partial charge is 0.326 e. The van der Waals surface area contributed by atoms with Crippen LogP contribution in [0.25, 0.3) is 0 Å². The number of hydrogen-bond donors (Lipinski definition) is 2. The first-order chi connectivity index (χ1) is 9.56. The fourth-order valence-electron chi connectivity index (χ4n) is 1.66. The maximum absolute atomic E-state index is 11.8. The third-order valence-electron chi connectivity index (χ3n) is 2.73. The summed E-state index contributed by atoms with van der Waals surface area (Å²) >= 11 is 0. The molecule has 1 rings (SSSR count). The molecule has 106 valence electrons. The predicted octanol–water partition coefficient (Wildman–Crippen LogP) is 1.22. The van der Waals surface area contributed by atoms with E-state index in [0.717, 1.165) is 5.56 Å². The van der Waals surface area contributed by atoms with Crippen LogP contribution in [0, 0.1) is 12.3 Å². The normalized spacial score (nSPS) is 11.2. The maximum Gasteiger partial charge on any atom is 0.326 e. The van der Waals surface area contributed by atoms with Crippen LogP contribution in [0.5, 0.6) is 5.75 Å². The molecule has 5 heteroatoms. The zero-order valence-electron chi connectivity index (χ0n) is 11.3. The van der Waals surface area contributed by atoms with Crippen molar-refractivity contribution in [1.82, 2.24) is 5.32 Å². The van der Waals surface area contributed by atoms with Crippen molar-refractivity contribution in [3.05, 3.63) is 29.8 Å². The minimum absolute atomic E-state index is 0.115. The number of hydrogen-bond acceptors (Lipinski definition) is 3. The van der Waals surface area contributed by atoms with Gasteiger partial charge in [-0.1, -0.05) is 12.1 Å². The van der Waals surface area contributed by atoms with E-state index >= 15 is 0 Å². The number of methoxy groups -OCH3 is 1. The molecular formula is C15H17NO4. The molecule has 0 heterocycles. The Morgan fingerprint density at radius 2 is 2.05 bits per heavy atom. The summed E-state index contributed by atoms with van der Waals surface area (Å²) in [6, 6.07) is 6.06. The number of benzene rings is 1. The lowest BCUT2D eigenvalue weighted by Gasteiger charge is -2.13. The van der Waals surface area contributed by atoms with Crippen LogP contribution in [0.2, 0.25) is 0 Å². The Balaban J connectivity index is 2.56. The lowest BCUT2D eigenvalue weighted by Crippen LogP contribution is -2.41. The first-order valence-electron chi connectivity index (χ1n) is 6.15. The maximum atomic E-state index is 11.8. The van der Waals surface area contributed by atoms with E-state index in [4.69, 9.17) is 16.3 Å². The van der Waals surface area contributed by atoms with E-state index < -0.39 is 12.0 Å². The van der Waals surface area contributed by atoms with Crippen molar-refractivity contribution in [2.24, 2.45) is 0 Å². The average molecular weight is 275 g/mol. The number of amides is 1. The lowest BCUT2D eigenvalue weighted by atomic mass is 10.1. The number of ether oxygens (including phenoxy) is 1. The molecule has 1 amide bonds. The number of terminal acetylenes is 1. The van der Waals surface area contributed by atoms with Crippen molar-refractivity contribution >= 4 is 11.9 Å². The zero-order valence-corrected chi connectivity index (χ0v) is 11.3. The summed E-state index contributed by atoms with van der Waals surface area (Å²) in [5.41, 5.74) is 0.782. The largest absolute Gasteiger partial charge is 0.497 e. The molecule has 0 aromatic heterocycles. The standard InChI is InChI=1S/C15H17NO4/c1-3-4-5-13(15(18)19)16-14(17)10-11-6-8-12(20-2)9-7-11/h1,6-9,13H,4-5,10H2,2H3,(H,16,17)(H,18,19)/t13-/m0/s1. The number of carboxylic acids is 1. The van der Waals surface area contributed by atoms with E-state index in [2.05, 4.69) is 11.2 Å². The highest BCUT2D eigenvalue weighted by atomic mass is 16.5. The quantitative estimate of drug-likeness (QED) is 0.734. The molecule has 0 saturated carbocycles. The molecule has 0 aliphatic rings. The van der Waals surface area contributed by atoms with Crippen LogP contribution in [-0.4, -0.2) is 30.1 Å². The van der Waals surface area contributed by atoms with Gasteiger partial charge < -0.3 is 15.2 Å². The van der Waals surface area contributed by atoms with Gasteiger partial charge in [0.15, 0.2) is 0 Å². The average Bonchev–Trinajstić information content (AvgIpc) is 2.44. The monoisotopic (exact) mass is 275 g/mol. The van der Waals surface area contributed by atoms with Crippen molar-refractivity contribution < 1.29 is 19.4 Å². The Morgan fingerprint density at radius 3 is 2.55 bits per heavy atom. The SMILES string of the molecule is C#CCC[C@H](NC(=O)Cc1ccc(OC)cc1)C(=O)O. The minimum atomic E-state index is -1.08. The zero-order chi connectivity index (χ0) is 15.0. The second kappa shape index (κ2) is 7.85. The van der Waals surface area contributed by atoms with E-state index in [9.17, 15) is 9.59 Å². The van der Waals surface area contributed by atoms with Gasteiger partial charge in [0.1, 0.15) is 11.8 Å². The highest BCUT2D eigenvalue weighted by molar-refractivity contribution is 5.84. The molecule has 0 fully saturated rings. The van der Waals surface area contributed by atoms with Crippen molar-refractivity contribution in [2.75, 3.05) is 7.11 Å². The summed E-state index contributed by atoms with van der Waals surface area (Å²) in [5, 5.41) is 11.4. The number of carbonyl (C=O) groups excluding carboxylic acids is 1. The summed E-state index contributed by atoms with van der Waals surface area (Å²) in [7, 11) is 1.56. The number of carboxylic acid groups (broad SMARTS) is 1. The van der Waals surface area contributed by atoms with Gasteiger partial charge in [0.2, 0.25) is 5.91 Å². The van der Waals surface area contributed by atoms with E-state index in [1.54, 1.807) is 31.4 Å². The Labute approximate surface area is 117 Å². The Bertz CT molecular complexity index is 502. The molecule has 20 heavy (non-hydrogen) atoms. The molecule has 0 spiro atoms. The molecule has 0 radical (unpaired) electrons. The van der Waals surface area contributed by atoms with Gasteiger partial charge in [0.25, 0.3) is 0 Å². The van der Waals surface area contributed by atoms with Gasteiger partial charge in [-0.15, -0.1) is 12.3 Å². The van der Waals surface area contributed by atoms with E-state index in [-0.39, 0.29) is 18.7 Å². The van der Waals surface area contributed by atoms with Crippen LogP contribution in [-0.2, 0) is 16.0 Å². The highest BCUT2D eigenvalue weighted by Gasteiger charge is 2.19. The second-order valence-corrected chi connectivity index (χ2v) is 4.23. The molecule has 0 aliphatic heterocycles. The molecule has 0 aliphatic carbocycles. The molecule has 0 unspecified atom stereocenters. The number of carbonyl (C=O) groups is 2. The first kappa shape index (κ1) is 15.6. The molecular weight excluding hydrogens is 258 g/mol. The Kier molecular flexibility index (Phi) is 6.11. The van der Waals surface area contributed by atoms with Gasteiger partial charge in [0.05, 0.1) is 13.5 Å². The number of aliphatic carboxylic acids is 1. The van der Waals surface area contributed by atoms with Gasteiger partial charge in [-0.05, 0) is 24.1 Å². The van der Waals surface area contributed by atoms with Crippen LogP contribution in [0.1, 0.15) is 18.4 Å². The van der Waals surface area contributed by atoms with Gasteiger partial charge >= 0.3 is 5.97 Å². The summed E-state index contributed by atoms with van der Waals surface area (Å²) < 4.78 is 5.02. The van der Waals surface area contributed by atoms with E-state index in [1.807, 2.05) is 0 Å². The van der Waals surface area contributed by atoms with Crippen molar-refractivity contribution in [1.29, 1.82) is 0 Å². The number of rotatable bonds is 7. The van der Waals surface area contributed by atoms with Crippen molar-refractivity contribution in [3.63, 3.8) is 0 Å². The molecule has 0 bridgehead atoms. The van der Waals surface area contributed by atoms with Crippen molar-refractivity contribution in [3.8, 4) is 18.1 Å². The van der Waals surface area contributed by atoms with Crippen LogP contribution in [0.4, 0.5) is 0 Å². The molecule has 0 saturated heterocycles. The van der Waals surface area contributed by atoms with Crippen LogP contribution in [0.15, 0.2) is 24.3 Å². The second-order valence-electron chi connectivity index (χ2n) is 4.23. The van der Waals surface area contributed by atoms with Crippen LogP contribution < -0.4 is 10.1 Å². The molecule has 1 aromatic carbocycles. The number of nitrogens with one attached hydrogen (secondary N) is 1. The summed E-state index contributed by atoms with van der Waals surface area (Å²) in [6.45, 7) is 0. The third kappa shape index (κ3) is 5.02. The summed E-state index contributed by atoms with van der Waals surface area (Å²) in [4.78, 5) is 22.8. The Morgan fingerprint density at radius 1 is 1.40 bits per heavy atom. The van der Waals surface area contributed by atoms with Crippen LogP contribution >= 0.6 is 0 Å². The Hall–Kier alpha value is -2.48. The summed E-state index contributed by atoms with van der Waals surface area (Å²) in [5.74, 6) is 1.63. The minimum Gasteiger partial charge on any atom is -0.497 e. The van der Waals surface area contributed by atoms with E-state index in [0.29, 0.717) is 12.2 Å². The third-order valence-corrected chi connectivity index (χ3v) is 2.73. The molecule has 1 aromatic rings. The summed E-state index contributed by atoms with van der Waals surface area (Å²) in [6.07, 6.45) is 5.73.